The summed E-state index contributed by atoms with van der Waals surface area (Å²) < 4.78 is 6.46. The lowest BCUT2D eigenvalue weighted by Crippen LogP contribution is -2.22. The SMILES string of the molecule is CCOC(=O)c1c(C)nn(C)c1NC(=O)Nc1cccc(C)c1. The van der Waals surface area contributed by atoms with Crippen LogP contribution < -0.4 is 10.6 Å². The number of hydrogen-bond donors (Lipinski definition) is 2. The van der Waals surface area contributed by atoms with Gasteiger partial charge in [-0.2, -0.15) is 5.10 Å². The first-order valence-electron chi connectivity index (χ1n) is 7.27. The first-order valence-corrected chi connectivity index (χ1v) is 7.27. The number of rotatable bonds is 4. The number of ether oxygens (including phenoxy) is 1. The van der Waals surface area contributed by atoms with Crippen LogP contribution in [0.3, 0.4) is 0 Å². The summed E-state index contributed by atoms with van der Waals surface area (Å²) in [6, 6.07) is 6.97. The van der Waals surface area contributed by atoms with Crippen molar-refractivity contribution in [2.75, 3.05) is 17.2 Å². The molecule has 0 saturated heterocycles. The molecule has 0 atom stereocenters. The van der Waals surface area contributed by atoms with Gasteiger partial charge in [0.25, 0.3) is 0 Å². The molecule has 2 aromatic rings. The minimum atomic E-state index is -0.510. The second-order valence-electron chi connectivity index (χ2n) is 5.10. The van der Waals surface area contributed by atoms with E-state index in [0.717, 1.165) is 5.56 Å². The Labute approximate surface area is 134 Å². The third-order valence-corrected chi connectivity index (χ3v) is 3.21. The van der Waals surface area contributed by atoms with Gasteiger partial charge in [-0.15, -0.1) is 0 Å². The van der Waals surface area contributed by atoms with Gasteiger partial charge in [-0.25, -0.2) is 9.59 Å². The molecule has 0 saturated carbocycles. The summed E-state index contributed by atoms with van der Waals surface area (Å²) in [6.07, 6.45) is 0. The number of esters is 1. The van der Waals surface area contributed by atoms with Crippen LogP contribution in [0.1, 0.15) is 28.5 Å². The maximum absolute atomic E-state index is 12.2. The molecule has 2 N–H and O–H groups in total. The Morgan fingerprint density at radius 2 is 2.00 bits per heavy atom. The molecule has 23 heavy (non-hydrogen) atoms. The fourth-order valence-corrected chi connectivity index (χ4v) is 2.24. The highest BCUT2D eigenvalue weighted by atomic mass is 16.5. The van der Waals surface area contributed by atoms with E-state index < -0.39 is 12.0 Å². The summed E-state index contributed by atoms with van der Waals surface area (Å²) in [6.45, 7) is 5.60. The number of urea groups is 1. The number of hydrogen-bond acceptors (Lipinski definition) is 4. The monoisotopic (exact) mass is 316 g/mol. The van der Waals surface area contributed by atoms with Crippen LogP contribution in [-0.4, -0.2) is 28.4 Å². The van der Waals surface area contributed by atoms with Gasteiger partial charge in [0.15, 0.2) is 0 Å². The van der Waals surface area contributed by atoms with Crippen molar-refractivity contribution in [3.63, 3.8) is 0 Å². The summed E-state index contributed by atoms with van der Waals surface area (Å²) in [5.74, 6) is -0.213. The van der Waals surface area contributed by atoms with E-state index in [0.29, 0.717) is 17.2 Å². The molecule has 7 nitrogen and oxygen atoms in total. The van der Waals surface area contributed by atoms with Crippen LogP contribution in [0.15, 0.2) is 24.3 Å². The van der Waals surface area contributed by atoms with E-state index in [-0.39, 0.29) is 12.2 Å². The molecule has 0 aliphatic rings. The molecule has 0 fully saturated rings. The Kier molecular flexibility index (Phi) is 5.00. The van der Waals surface area contributed by atoms with Crippen molar-refractivity contribution >= 4 is 23.5 Å². The quantitative estimate of drug-likeness (QED) is 0.849. The van der Waals surface area contributed by atoms with Gasteiger partial charge in [-0.1, -0.05) is 12.1 Å². The smallest absolute Gasteiger partial charge is 0.343 e. The summed E-state index contributed by atoms with van der Waals surface area (Å²) in [4.78, 5) is 24.2. The predicted molar refractivity (Wildman–Crippen MR) is 87.7 cm³/mol. The molecule has 0 bridgehead atoms. The van der Waals surface area contributed by atoms with Gasteiger partial charge in [0.05, 0.1) is 12.3 Å². The highest BCUT2D eigenvalue weighted by molar-refractivity contribution is 6.04. The third kappa shape index (κ3) is 3.88. The molecule has 1 aromatic carbocycles. The number of nitrogens with zero attached hydrogens (tertiary/aromatic N) is 2. The van der Waals surface area contributed by atoms with Gasteiger partial charge < -0.3 is 10.1 Å². The van der Waals surface area contributed by atoms with Gasteiger partial charge in [-0.3, -0.25) is 10.00 Å². The number of nitrogens with one attached hydrogen (secondary N) is 2. The summed E-state index contributed by atoms with van der Waals surface area (Å²) in [5, 5.41) is 9.54. The number of anilines is 2. The summed E-state index contributed by atoms with van der Waals surface area (Å²) in [7, 11) is 1.65. The summed E-state index contributed by atoms with van der Waals surface area (Å²) in [5.41, 5.74) is 2.45. The lowest BCUT2D eigenvalue weighted by atomic mass is 10.2. The van der Waals surface area contributed by atoms with Crippen molar-refractivity contribution in [2.24, 2.45) is 7.05 Å². The molecule has 0 aliphatic heterocycles. The van der Waals surface area contributed by atoms with E-state index in [9.17, 15) is 9.59 Å². The molecule has 1 aromatic heterocycles. The average Bonchev–Trinajstić information content (AvgIpc) is 2.73. The Bertz CT molecular complexity index is 737. The van der Waals surface area contributed by atoms with Crippen LogP contribution in [0.4, 0.5) is 16.3 Å². The first kappa shape index (κ1) is 16.5. The highest BCUT2D eigenvalue weighted by Gasteiger charge is 2.22. The number of carbonyl (C=O) groups excluding carboxylic acids is 2. The fraction of sp³-hybridized carbons (Fsp3) is 0.312. The van der Waals surface area contributed by atoms with Gasteiger partial charge in [0.2, 0.25) is 0 Å². The zero-order valence-electron chi connectivity index (χ0n) is 13.6. The van der Waals surface area contributed by atoms with Gasteiger partial charge in [0.1, 0.15) is 11.4 Å². The van der Waals surface area contributed by atoms with Crippen LogP contribution in [0.25, 0.3) is 0 Å². The van der Waals surface area contributed by atoms with Gasteiger partial charge in [0, 0.05) is 12.7 Å². The standard InChI is InChI=1S/C16H20N4O3/c1-5-23-15(21)13-11(3)19-20(4)14(13)18-16(22)17-12-8-6-7-10(2)9-12/h6-9H,5H2,1-4H3,(H2,17,18,22). The number of aromatic nitrogens is 2. The second kappa shape index (κ2) is 6.95. The van der Waals surface area contributed by atoms with Crippen LogP contribution in [-0.2, 0) is 11.8 Å². The van der Waals surface area contributed by atoms with Crippen molar-refractivity contribution in [3.05, 3.63) is 41.1 Å². The Hall–Kier alpha value is -2.83. The lowest BCUT2D eigenvalue weighted by molar-refractivity contribution is 0.0526. The van der Waals surface area contributed by atoms with E-state index in [1.807, 2.05) is 25.1 Å². The maximum Gasteiger partial charge on any atom is 0.343 e. The van der Waals surface area contributed by atoms with Crippen molar-refractivity contribution in [1.82, 2.24) is 9.78 Å². The number of carbonyl (C=O) groups is 2. The van der Waals surface area contributed by atoms with E-state index in [1.54, 1.807) is 27.0 Å². The minimum Gasteiger partial charge on any atom is -0.462 e. The van der Waals surface area contributed by atoms with Gasteiger partial charge >= 0.3 is 12.0 Å². The van der Waals surface area contributed by atoms with Crippen molar-refractivity contribution < 1.29 is 14.3 Å². The van der Waals surface area contributed by atoms with Crippen LogP contribution >= 0.6 is 0 Å². The van der Waals surface area contributed by atoms with Crippen molar-refractivity contribution in [3.8, 4) is 0 Å². The number of aryl methyl sites for hydroxylation is 3. The largest absolute Gasteiger partial charge is 0.462 e. The molecular weight excluding hydrogens is 296 g/mol. The molecule has 0 unspecified atom stereocenters. The average molecular weight is 316 g/mol. The molecule has 2 amide bonds. The molecule has 7 heteroatoms. The first-order chi connectivity index (χ1) is 10.9. The number of amides is 2. The normalized spacial score (nSPS) is 10.3. The molecule has 2 rings (SSSR count). The molecule has 122 valence electrons. The lowest BCUT2D eigenvalue weighted by Gasteiger charge is -2.10. The second-order valence-corrected chi connectivity index (χ2v) is 5.10. The fourth-order valence-electron chi connectivity index (χ4n) is 2.24. The molecular formula is C16H20N4O3. The minimum absolute atomic E-state index is 0.252. The molecule has 0 radical (unpaired) electrons. The van der Waals surface area contributed by atoms with Crippen LogP contribution in [0, 0.1) is 13.8 Å². The van der Waals surface area contributed by atoms with E-state index >= 15 is 0 Å². The van der Waals surface area contributed by atoms with Crippen LogP contribution in [0.2, 0.25) is 0 Å². The van der Waals surface area contributed by atoms with Gasteiger partial charge in [-0.05, 0) is 38.5 Å². The molecule has 1 heterocycles. The molecule has 0 spiro atoms. The molecule has 0 aliphatic carbocycles. The van der Waals surface area contributed by atoms with E-state index in [2.05, 4.69) is 15.7 Å². The third-order valence-electron chi connectivity index (χ3n) is 3.21. The zero-order chi connectivity index (χ0) is 17.0. The highest BCUT2D eigenvalue weighted by Crippen LogP contribution is 2.20. The number of benzene rings is 1. The van der Waals surface area contributed by atoms with Crippen molar-refractivity contribution in [2.45, 2.75) is 20.8 Å². The summed E-state index contributed by atoms with van der Waals surface area (Å²) >= 11 is 0. The Morgan fingerprint density at radius 3 is 2.65 bits per heavy atom. The Balaban J connectivity index is 2.19. The van der Waals surface area contributed by atoms with Crippen LogP contribution in [0.5, 0.6) is 0 Å². The maximum atomic E-state index is 12.2. The predicted octanol–water partition coefficient (Wildman–Crippen LogP) is 2.86. The zero-order valence-corrected chi connectivity index (χ0v) is 13.6. The Morgan fingerprint density at radius 1 is 1.26 bits per heavy atom. The van der Waals surface area contributed by atoms with E-state index in [4.69, 9.17) is 4.74 Å². The van der Waals surface area contributed by atoms with Crippen molar-refractivity contribution in [1.29, 1.82) is 0 Å². The van der Waals surface area contributed by atoms with E-state index in [1.165, 1.54) is 4.68 Å². The topological polar surface area (TPSA) is 85.2 Å².